The summed E-state index contributed by atoms with van der Waals surface area (Å²) in [6.07, 6.45) is 4.86. The normalized spacial score (nSPS) is 10.7. The van der Waals surface area contributed by atoms with Crippen molar-refractivity contribution in [3.05, 3.63) is 66.6 Å². The Bertz CT molecular complexity index is 1060. The summed E-state index contributed by atoms with van der Waals surface area (Å²) in [6, 6.07) is 12.6. The lowest BCUT2D eigenvalue weighted by atomic mass is 10.2. The quantitative estimate of drug-likeness (QED) is 0.587. The van der Waals surface area contributed by atoms with Gasteiger partial charge in [-0.1, -0.05) is 6.07 Å². The van der Waals surface area contributed by atoms with Crippen molar-refractivity contribution in [1.29, 1.82) is 0 Å². The topological polar surface area (TPSA) is 92.9 Å². The van der Waals surface area contributed by atoms with Gasteiger partial charge in [0.2, 0.25) is 5.89 Å². The predicted octanol–water partition coefficient (Wildman–Crippen LogP) is 3.58. The van der Waals surface area contributed by atoms with E-state index in [1.807, 2.05) is 12.1 Å². The Morgan fingerprint density at radius 3 is 2.85 bits per heavy atom. The fourth-order valence-corrected chi connectivity index (χ4v) is 2.54. The average Bonchev–Trinajstić information content (AvgIpc) is 3.12. The fourth-order valence-electron chi connectivity index (χ4n) is 2.54. The fraction of sp³-hybridized carbons (Fsp3) is 0.0526. The Morgan fingerprint density at radius 1 is 1.08 bits per heavy atom. The SMILES string of the molecule is CNc1cccc(C(=O)Nc2cncc(-c3nc4ncccc4o3)c2)c1. The van der Waals surface area contributed by atoms with E-state index in [0.29, 0.717) is 33.9 Å². The van der Waals surface area contributed by atoms with Crippen LogP contribution in [0.2, 0.25) is 0 Å². The van der Waals surface area contributed by atoms with E-state index < -0.39 is 0 Å². The van der Waals surface area contributed by atoms with Gasteiger partial charge < -0.3 is 15.1 Å². The zero-order valence-electron chi connectivity index (χ0n) is 13.9. The van der Waals surface area contributed by atoms with Gasteiger partial charge in [-0.05, 0) is 36.4 Å². The molecule has 3 aromatic heterocycles. The van der Waals surface area contributed by atoms with Crippen LogP contribution in [0.4, 0.5) is 11.4 Å². The van der Waals surface area contributed by atoms with E-state index in [0.717, 1.165) is 5.69 Å². The number of anilines is 2. The second-order valence-corrected chi connectivity index (χ2v) is 5.59. The number of rotatable bonds is 4. The third-order valence-electron chi connectivity index (χ3n) is 3.82. The molecule has 0 spiro atoms. The largest absolute Gasteiger partial charge is 0.434 e. The average molecular weight is 345 g/mol. The molecule has 26 heavy (non-hydrogen) atoms. The Kier molecular flexibility index (Phi) is 4.03. The van der Waals surface area contributed by atoms with Crippen molar-refractivity contribution in [3.8, 4) is 11.5 Å². The van der Waals surface area contributed by atoms with E-state index in [4.69, 9.17) is 4.42 Å². The molecule has 1 amide bonds. The summed E-state index contributed by atoms with van der Waals surface area (Å²) in [5, 5.41) is 5.85. The van der Waals surface area contributed by atoms with Crippen molar-refractivity contribution in [2.24, 2.45) is 0 Å². The van der Waals surface area contributed by atoms with Crippen molar-refractivity contribution in [1.82, 2.24) is 15.0 Å². The highest BCUT2D eigenvalue weighted by Gasteiger charge is 2.12. The maximum atomic E-state index is 12.5. The van der Waals surface area contributed by atoms with Gasteiger partial charge >= 0.3 is 0 Å². The number of hydrogen-bond acceptors (Lipinski definition) is 6. The molecule has 7 heteroatoms. The van der Waals surface area contributed by atoms with E-state index in [1.165, 1.54) is 0 Å². The Morgan fingerprint density at radius 2 is 2.00 bits per heavy atom. The molecule has 0 aliphatic heterocycles. The molecule has 0 aliphatic carbocycles. The maximum Gasteiger partial charge on any atom is 0.255 e. The molecule has 128 valence electrons. The number of hydrogen-bond donors (Lipinski definition) is 2. The van der Waals surface area contributed by atoms with Crippen molar-refractivity contribution in [2.75, 3.05) is 17.7 Å². The van der Waals surface area contributed by atoms with E-state index in [2.05, 4.69) is 25.6 Å². The van der Waals surface area contributed by atoms with Gasteiger partial charge in [-0.15, -0.1) is 0 Å². The smallest absolute Gasteiger partial charge is 0.255 e. The summed E-state index contributed by atoms with van der Waals surface area (Å²) < 4.78 is 5.69. The maximum absolute atomic E-state index is 12.5. The molecular weight excluding hydrogens is 330 g/mol. The Balaban J connectivity index is 1.60. The molecule has 0 saturated carbocycles. The number of benzene rings is 1. The molecule has 0 bridgehead atoms. The summed E-state index contributed by atoms with van der Waals surface area (Å²) in [4.78, 5) is 25.1. The number of aromatic nitrogens is 3. The standard InChI is InChI=1S/C19H15N5O2/c1-20-14-5-2-4-12(8-14)18(25)23-15-9-13(10-21-11-15)19-24-17-16(26-19)6-3-7-22-17/h2-11,20H,1H3,(H,23,25). The number of fused-ring (bicyclic) bond motifs is 1. The van der Waals surface area contributed by atoms with Crippen LogP contribution in [0.25, 0.3) is 22.7 Å². The number of amides is 1. The summed E-state index contributed by atoms with van der Waals surface area (Å²) in [5.74, 6) is 0.180. The second-order valence-electron chi connectivity index (χ2n) is 5.59. The molecule has 0 unspecified atom stereocenters. The van der Waals surface area contributed by atoms with Gasteiger partial charge in [-0.25, -0.2) is 4.98 Å². The highest BCUT2D eigenvalue weighted by Crippen LogP contribution is 2.24. The molecule has 7 nitrogen and oxygen atoms in total. The molecule has 0 saturated heterocycles. The van der Waals surface area contributed by atoms with Crippen molar-refractivity contribution < 1.29 is 9.21 Å². The first kappa shape index (κ1) is 15.8. The van der Waals surface area contributed by atoms with Crippen LogP contribution < -0.4 is 10.6 Å². The highest BCUT2D eigenvalue weighted by atomic mass is 16.3. The van der Waals surface area contributed by atoms with Crippen LogP contribution in [-0.4, -0.2) is 27.9 Å². The molecule has 4 rings (SSSR count). The van der Waals surface area contributed by atoms with E-state index >= 15 is 0 Å². The monoisotopic (exact) mass is 345 g/mol. The first-order valence-electron chi connectivity index (χ1n) is 7.99. The molecular formula is C19H15N5O2. The molecule has 1 aromatic carbocycles. The number of nitrogens with one attached hydrogen (secondary N) is 2. The number of nitrogens with zero attached hydrogens (tertiary/aromatic N) is 3. The van der Waals surface area contributed by atoms with Gasteiger partial charge in [-0.2, -0.15) is 4.98 Å². The first-order valence-corrected chi connectivity index (χ1v) is 7.99. The van der Waals surface area contributed by atoms with Crippen LogP contribution in [0, 0.1) is 0 Å². The van der Waals surface area contributed by atoms with Crippen molar-refractivity contribution in [2.45, 2.75) is 0 Å². The van der Waals surface area contributed by atoms with E-state index in [-0.39, 0.29) is 5.91 Å². The number of carbonyl (C=O) groups is 1. The van der Waals surface area contributed by atoms with Crippen LogP contribution in [-0.2, 0) is 0 Å². The van der Waals surface area contributed by atoms with Gasteiger partial charge in [0, 0.05) is 30.7 Å². The second kappa shape index (κ2) is 6.64. The molecule has 0 radical (unpaired) electrons. The third kappa shape index (κ3) is 3.10. The lowest BCUT2D eigenvalue weighted by Gasteiger charge is -2.07. The Hall–Kier alpha value is -3.74. The number of pyridine rings is 2. The van der Waals surface area contributed by atoms with Gasteiger partial charge in [0.25, 0.3) is 5.91 Å². The van der Waals surface area contributed by atoms with Crippen LogP contribution in [0.1, 0.15) is 10.4 Å². The minimum atomic E-state index is -0.222. The van der Waals surface area contributed by atoms with Crippen LogP contribution in [0.15, 0.2) is 65.5 Å². The predicted molar refractivity (Wildman–Crippen MR) is 99.0 cm³/mol. The lowest BCUT2D eigenvalue weighted by molar-refractivity contribution is 0.102. The zero-order valence-corrected chi connectivity index (χ0v) is 13.9. The number of carbonyl (C=O) groups excluding carboxylic acids is 1. The number of oxazole rings is 1. The van der Waals surface area contributed by atoms with Gasteiger partial charge in [0.1, 0.15) is 0 Å². The van der Waals surface area contributed by atoms with Gasteiger partial charge in [0.15, 0.2) is 11.2 Å². The van der Waals surface area contributed by atoms with Crippen LogP contribution >= 0.6 is 0 Å². The van der Waals surface area contributed by atoms with E-state index in [9.17, 15) is 4.79 Å². The van der Waals surface area contributed by atoms with Gasteiger partial charge in [-0.3, -0.25) is 9.78 Å². The molecule has 2 N–H and O–H groups in total. The van der Waals surface area contributed by atoms with Crippen LogP contribution in [0.3, 0.4) is 0 Å². The highest BCUT2D eigenvalue weighted by molar-refractivity contribution is 6.04. The van der Waals surface area contributed by atoms with Crippen molar-refractivity contribution in [3.63, 3.8) is 0 Å². The zero-order chi connectivity index (χ0) is 17.9. The summed E-state index contributed by atoms with van der Waals surface area (Å²) in [7, 11) is 1.81. The molecule has 0 atom stereocenters. The van der Waals surface area contributed by atoms with E-state index in [1.54, 1.807) is 56.0 Å². The minimum absolute atomic E-state index is 0.222. The Labute approximate surface area is 149 Å². The summed E-state index contributed by atoms with van der Waals surface area (Å²) in [5.41, 5.74) is 3.75. The lowest BCUT2D eigenvalue weighted by Crippen LogP contribution is -2.12. The third-order valence-corrected chi connectivity index (χ3v) is 3.82. The molecule has 0 fully saturated rings. The first-order chi connectivity index (χ1) is 12.7. The molecule has 0 aliphatic rings. The van der Waals surface area contributed by atoms with Gasteiger partial charge in [0.05, 0.1) is 17.4 Å². The molecule has 4 aromatic rings. The van der Waals surface area contributed by atoms with Crippen LogP contribution in [0.5, 0.6) is 0 Å². The summed E-state index contributed by atoms with van der Waals surface area (Å²) in [6.45, 7) is 0. The minimum Gasteiger partial charge on any atom is -0.434 e. The van der Waals surface area contributed by atoms with Crippen molar-refractivity contribution >= 4 is 28.5 Å². The molecule has 3 heterocycles. The summed E-state index contributed by atoms with van der Waals surface area (Å²) >= 11 is 0.